The number of H-pyrrole nitrogens is 1. The van der Waals surface area contributed by atoms with E-state index in [1.54, 1.807) is 4.90 Å². The van der Waals surface area contributed by atoms with Crippen molar-refractivity contribution in [3.63, 3.8) is 0 Å². The summed E-state index contributed by atoms with van der Waals surface area (Å²) in [6, 6.07) is 16.7. The van der Waals surface area contributed by atoms with E-state index >= 15 is 0 Å². The van der Waals surface area contributed by atoms with Gasteiger partial charge in [0, 0.05) is 31.9 Å². The highest BCUT2D eigenvalue weighted by molar-refractivity contribution is 5.89. The molecule has 0 radical (unpaired) electrons. The lowest BCUT2D eigenvalue weighted by Gasteiger charge is -2.34. The van der Waals surface area contributed by atoms with E-state index in [-0.39, 0.29) is 11.6 Å². The number of aromatic nitrogens is 2. The Hall–Kier alpha value is -3.35. The molecule has 7 nitrogen and oxygen atoms in total. The third-order valence-corrected chi connectivity index (χ3v) is 4.47. The molecule has 0 saturated carbocycles. The Morgan fingerprint density at radius 2 is 1.65 bits per heavy atom. The van der Waals surface area contributed by atoms with Crippen LogP contribution in [-0.2, 0) is 0 Å². The minimum Gasteiger partial charge on any atom is -0.348 e. The van der Waals surface area contributed by atoms with Gasteiger partial charge in [-0.2, -0.15) is 0 Å². The average molecular weight is 349 g/mol. The van der Waals surface area contributed by atoms with Gasteiger partial charge < -0.3 is 20.1 Å². The number of carbonyl (C=O) groups excluding carboxylic acids is 1. The lowest BCUT2D eigenvalue weighted by atomic mass is 10.3. The first kappa shape index (κ1) is 16.1. The quantitative estimate of drug-likeness (QED) is 0.744. The van der Waals surface area contributed by atoms with E-state index in [4.69, 9.17) is 0 Å². The van der Waals surface area contributed by atoms with Gasteiger partial charge in [-0.15, -0.1) is 0 Å². The molecule has 2 heterocycles. The van der Waals surface area contributed by atoms with Gasteiger partial charge in [0.2, 0.25) is 0 Å². The summed E-state index contributed by atoms with van der Waals surface area (Å²) < 4.78 is 0. The van der Waals surface area contributed by atoms with Crippen LogP contribution >= 0.6 is 0 Å². The van der Waals surface area contributed by atoms with Gasteiger partial charge in [-0.05, 0) is 24.3 Å². The number of hydrogen-bond acceptors (Lipinski definition) is 4. The topological polar surface area (TPSA) is 81.3 Å². The molecule has 0 aliphatic carbocycles. The Morgan fingerprint density at radius 3 is 2.42 bits per heavy atom. The normalized spacial score (nSPS) is 14.5. The Balaban J connectivity index is 1.44. The summed E-state index contributed by atoms with van der Waals surface area (Å²) in [4.78, 5) is 35.7. The van der Waals surface area contributed by atoms with Crippen LogP contribution in [0, 0.1) is 0 Å². The number of piperazine rings is 1. The minimum atomic E-state index is -0.203. The second-order valence-corrected chi connectivity index (χ2v) is 6.18. The second-order valence-electron chi connectivity index (χ2n) is 6.18. The molecule has 1 aliphatic rings. The maximum Gasteiger partial charge on any atom is 0.321 e. The van der Waals surface area contributed by atoms with Crippen LogP contribution in [0.15, 0.2) is 59.4 Å². The fraction of sp³-hybridized carbons (Fsp3) is 0.211. The number of para-hydroxylation sites is 3. The lowest BCUT2D eigenvalue weighted by molar-refractivity contribution is 0.208. The molecule has 2 aromatic carbocycles. The van der Waals surface area contributed by atoms with E-state index in [2.05, 4.69) is 15.3 Å². The van der Waals surface area contributed by atoms with Crippen LogP contribution in [0.3, 0.4) is 0 Å². The van der Waals surface area contributed by atoms with Crippen LogP contribution < -0.4 is 15.8 Å². The van der Waals surface area contributed by atoms with Crippen molar-refractivity contribution >= 4 is 28.6 Å². The predicted octanol–water partition coefficient (Wildman–Crippen LogP) is 2.28. The SMILES string of the molecule is O=C(Nc1ccccc1)N1CCN(c2nc3ccccc3[nH]c2=O)CC1. The third-order valence-electron chi connectivity index (χ3n) is 4.47. The largest absolute Gasteiger partial charge is 0.348 e. The number of nitrogens with zero attached hydrogens (tertiary/aromatic N) is 3. The van der Waals surface area contributed by atoms with Crippen molar-refractivity contribution in [3.05, 3.63) is 65.0 Å². The van der Waals surface area contributed by atoms with Gasteiger partial charge in [0.05, 0.1) is 11.0 Å². The number of aromatic amines is 1. The van der Waals surface area contributed by atoms with E-state index in [0.717, 1.165) is 16.7 Å². The molecular formula is C19H19N5O2. The predicted molar refractivity (Wildman–Crippen MR) is 102 cm³/mol. The van der Waals surface area contributed by atoms with Crippen molar-refractivity contribution in [3.8, 4) is 0 Å². The maximum atomic E-state index is 12.4. The lowest BCUT2D eigenvalue weighted by Crippen LogP contribution is -2.51. The van der Waals surface area contributed by atoms with Gasteiger partial charge in [0.1, 0.15) is 0 Å². The number of urea groups is 1. The highest BCUT2D eigenvalue weighted by Gasteiger charge is 2.23. The number of anilines is 2. The van der Waals surface area contributed by atoms with E-state index in [1.165, 1.54) is 0 Å². The number of nitrogens with one attached hydrogen (secondary N) is 2. The number of benzene rings is 2. The summed E-state index contributed by atoms with van der Waals surface area (Å²) in [5.74, 6) is 0.409. The van der Waals surface area contributed by atoms with Crippen molar-refractivity contribution in [2.45, 2.75) is 0 Å². The Morgan fingerprint density at radius 1 is 0.962 bits per heavy atom. The summed E-state index contributed by atoms with van der Waals surface area (Å²) in [6.45, 7) is 2.20. The molecule has 1 aromatic heterocycles. The standard InChI is InChI=1S/C19H19N5O2/c25-18-17(21-15-8-4-5-9-16(15)22-18)23-10-12-24(13-11-23)19(26)20-14-6-2-1-3-7-14/h1-9H,10-13H2,(H,20,26)(H,22,25). The molecular weight excluding hydrogens is 330 g/mol. The van der Waals surface area contributed by atoms with E-state index in [9.17, 15) is 9.59 Å². The van der Waals surface area contributed by atoms with Gasteiger partial charge in [0.15, 0.2) is 5.82 Å². The molecule has 1 fully saturated rings. The van der Waals surface area contributed by atoms with Crippen molar-refractivity contribution in [2.24, 2.45) is 0 Å². The highest BCUT2D eigenvalue weighted by Crippen LogP contribution is 2.14. The molecule has 1 saturated heterocycles. The van der Waals surface area contributed by atoms with Gasteiger partial charge >= 0.3 is 6.03 Å². The summed E-state index contributed by atoms with van der Waals surface area (Å²) in [5, 5.41) is 2.89. The Kier molecular flexibility index (Phi) is 4.27. The molecule has 2 N–H and O–H groups in total. The maximum absolute atomic E-state index is 12.4. The van der Waals surface area contributed by atoms with Crippen LogP contribution in [0.2, 0.25) is 0 Å². The molecule has 26 heavy (non-hydrogen) atoms. The molecule has 132 valence electrons. The van der Waals surface area contributed by atoms with Crippen LogP contribution in [0.5, 0.6) is 0 Å². The number of hydrogen-bond donors (Lipinski definition) is 2. The van der Waals surface area contributed by atoms with Crippen LogP contribution in [-0.4, -0.2) is 47.1 Å². The fourth-order valence-corrected chi connectivity index (χ4v) is 3.08. The molecule has 4 rings (SSSR count). The number of fused-ring (bicyclic) bond motifs is 1. The van der Waals surface area contributed by atoms with Crippen molar-refractivity contribution in [1.29, 1.82) is 0 Å². The smallest absolute Gasteiger partial charge is 0.321 e. The second kappa shape index (κ2) is 6.87. The van der Waals surface area contributed by atoms with E-state index in [1.807, 2.05) is 59.5 Å². The first-order chi connectivity index (χ1) is 12.7. The molecule has 3 aromatic rings. The zero-order valence-electron chi connectivity index (χ0n) is 14.2. The van der Waals surface area contributed by atoms with Crippen LogP contribution in [0.1, 0.15) is 0 Å². The summed E-state index contributed by atoms with van der Waals surface area (Å²) in [6.07, 6.45) is 0. The molecule has 0 unspecified atom stereocenters. The molecule has 1 aliphatic heterocycles. The molecule has 2 amide bonds. The minimum absolute atomic E-state index is 0.128. The summed E-state index contributed by atoms with van der Waals surface area (Å²) in [7, 11) is 0. The number of amides is 2. The highest BCUT2D eigenvalue weighted by atomic mass is 16.2. The number of carbonyl (C=O) groups is 1. The fourth-order valence-electron chi connectivity index (χ4n) is 3.08. The van der Waals surface area contributed by atoms with Gasteiger partial charge in [0.25, 0.3) is 5.56 Å². The van der Waals surface area contributed by atoms with Crippen LogP contribution in [0.4, 0.5) is 16.3 Å². The molecule has 7 heteroatoms. The molecule has 0 bridgehead atoms. The van der Waals surface area contributed by atoms with E-state index < -0.39 is 0 Å². The van der Waals surface area contributed by atoms with Crippen molar-refractivity contribution in [1.82, 2.24) is 14.9 Å². The molecule has 0 atom stereocenters. The average Bonchev–Trinajstić information content (AvgIpc) is 2.68. The Bertz CT molecular complexity index is 978. The summed E-state index contributed by atoms with van der Waals surface area (Å²) in [5.41, 5.74) is 2.05. The monoisotopic (exact) mass is 349 g/mol. The summed E-state index contributed by atoms with van der Waals surface area (Å²) >= 11 is 0. The van der Waals surface area contributed by atoms with Crippen molar-refractivity contribution in [2.75, 3.05) is 36.4 Å². The third kappa shape index (κ3) is 3.23. The van der Waals surface area contributed by atoms with Crippen molar-refractivity contribution < 1.29 is 4.79 Å². The molecule has 0 spiro atoms. The zero-order chi connectivity index (χ0) is 17.9. The first-order valence-corrected chi connectivity index (χ1v) is 8.56. The van der Waals surface area contributed by atoms with Gasteiger partial charge in [-0.25, -0.2) is 9.78 Å². The van der Waals surface area contributed by atoms with Crippen LogP contribution in [0.25, 0.3) is 11.0 Å². The van der Waals surface area contributed by atoms with Gasteiger partial charge in [-0.1, -0.05) is 30.3 Å². The zero-order valence-corrected chi connectivity index (χ0v) is 14.2. The Labute approximate surface area is 150 Å². The number of rotatable bonds is 2. The van der Waals surface area contributed by atoms with Gasteiger partial charge in [-0.3, -0.25) is 4.79 Å². The first-order valence-electron chi connectivity index (χ1n) is 8.56. The van der Waals surface area contributed by atoms with E-state index in [0.29, 0.717) is 32.0 Å².